The molecule has 2 aliphatic rings. The molecule has 0 bridgehead atoms. The van der Waals surface area contributed by atoms with E-state index < -0.39 is 0 Å². The van der Waals surface area contributed by atoms with Crippen molar-refractivity contribution in [1.82, 2.24) is 10.2 Å². The molecular formula is C18H32N2O3. The van der Waals surface area contributed by atoms with Crippen LogP contribution in [-0.4, -0.2) is 48.1 Å². The number of likely N-dealkylation sites (tertiary alicyclic amines) is 1. The molecule has 0 aromatic carbocycles. The monoisotopic (exact) mass is 324 g/mol. The van der Waals surface area contributed by atoms with Gasteiger partial charge in [-0.15, -0.1) is 0 Å². The third kappa shape index (κ3) is 4.46. The van der Waals surface area contributed by atoms with E-state index in [0.29, 0.717) is 25.0 Å². The molecule has 132 valence electrons. The van der Waals surface area contributed by atoms with Crippen LogP contribution in [0.2, 0.25) is 0 Å². The number of nitrogens with zero attached hydrogens (tertiary/aromatic N) is 1. The fraction of sp³-hybridized carbons (Fsp3) is 0.889. The quantitative estimate of drug-likeness (QED) is 0.731. The molecule has 1 aliphatic carbocycles. The number of hydrogen-bond donors (Lipinski definition) is 1. The molecule has 1 N–H and O–H groups in total. The highest BCUT2D eigenvalue weighted by molar-refractivity contribution is 5.83. The Morgan fingerprint density at radius 2 is 1.96 bits per heavy atom. The van der Waals surface area contributed by atoms with Crippen molar-refractivity contribution in [3.63, 3.8) is 0 Å². The first-order valence-electron chi connectivity index (χ1n) is 9.31. The van der Waals surface area contributed by atoms with Gasteiger partial charge in [0.15, 0.2) is 0 Å². The van der Waals surface area contributed by atoms with Crippen LogP contribution in [0.15, 0.2) is 0 Å². The summed E-state index contributed by atoms with van der Waals surface area (Å²) in [5, 5.41) is 3.21. The van der Waals surface area contributed by atoms with Gasteiger partial charge >= 0.3 is 5.97 Å². The molecule has 1 saturated heterocycles. The highest BCUT2D eigenvalue weighted by atomic mass is 16.5. The number of carbonyl (C=O) groups is 2. The van der Waals surface area contributed by atoms with E-state index >= 15 is 0 Å². The van der Waals surface area contributed by atoms with Crippen LogP contribution in [0, 0.1) is 5.92 Å². The second-order valence-electron chi connectivity index (χ2n) is 6.91. The van der Waals surface area contributed by atoms with E-state index in [1.807, 2.05) is 20.8 Å². The van der Waals surface area contributed by atoms with Gasteiger partial charge in [0, 0.05) is 12.6 Å². The van der Waals surface area contributed by atoms with E-state index in [1.54, 1.807) is 0 Å². The number of fused-ring (bicyclic) bond motifs is 1. The minimum absolute atomic E-state index is 0.143. The van der Waals surface area contributed by atoms with E-state index in [2.05, 4.69) is 10.2 Å². The number of ether oxygens (including phenoxy) is 1. The highest BCUT2D eigenvalue weighted by Gasteiger charge is 2.39. The lowest BCUT2D eigenvalue weighted by Crippen LogP contribution is -2.52. The van der Waals surface area contributed by atoms with Crippen LogP contribution in [-0.2, 0) is 14.3 Å². The lowest BCUT2D eigenvalue weighted by atomic mass is 9.85. The number of amides is 1. The Labute approximate surface area is 140 Å². The summed E-state index contributed by atoms with van der Waals surface area (Å²) in [6, 6.07) is -0.298. The summed E-state index contributed by atoms with van der Waals surface area (Å²) in [6.45, 7) is 6.97. The summed E-state index contributed by atoms with van der Waals surface area (Å²) in [4.78, 5) is 26.9. The zero-order valence-electron chi connectivity index (χ0n) is 14.8. The molecule has 2 fully saturated rings. The predicted molar refractivity (Wildman–Crippen MR) is 90.0 cm³/mol. The van der Waals surface area contributed by atoms with Gasteiger partial charge in [-0.25, -0.2) is 0 Å². The molecule has 0 spiro atoms. The predicted octanol–water partition coefficient (Wildman–Crippen LogP) is 2.49. The summed E-state index contributed by atoms with van der Waals surface area (Å²) in [5.41, 5.74) is 0. The first-order chi connectivity index (χ1) is 11.1. The number of carbonyl (C=O) groups excluding carboxylic acids is 2. The Hall–Kier alpha value is -1.10. The lowest BCUT2D eigenvalue weighted by Gasteiger charge is -2.34. The summed E-state index contributed by atoms with van der Waals surface area (Å²) in [7, 11) is 0. The average molecular weight is 324 g/mol. The van der Waals surface area contributed by atoms with Crippen LogP contribution in [0.1, 0.15) is 65.7 Å². The van der Waals surface area contributed by atoms with Gasteiger partial charge < -0.3 is 9.64 Å². The van der Waals surface area contributed by atoms with Gasteiger partial charge in [-0.1, -0.05) is 26.2 Å². The molecule has 5 nitrogen and oxygen atoms in total. The Kier molecular flexibility index (Phi) is 6.88. The van der Waals surface area contributed by atoms with E-state index in [9.17, 15) is 9.59 Å². The second-order valence-corrected chi connectivity index (χ2v) is 6.91. The van der Waals surface area contributed by atoms with E-state index in [0.717, 1.165) is 25.8 Å². The van der Waals surface area contributed by atoms with Crippen LogP contribution in [0.25, 0.3) is 0 Å². The molecule has 4 atom stereocenters. The lowest BCUT2D eigenvalue weighted by molar-refractivity contribution is -0.146. The summed E-state index contributed by atoms with van der Waals surface area (Å²) >= 11 is 0. The van der Waals surface area contributed by atoms with Crippen LogP contribution in [0.5, 0.6) is 0 Å². The molecule has 1 amide bonds. The molecule has 1 saturated carbocycles. The molecule has 3 unspecified atom stereocenters. The molecule has 0 aromatic heterocycles. The molecule has 2 rings (SSSR count). The summed E-state index contributed by atoms with van der Waals surface area (Å²) in [5.74, 6) is 0.590. The largest absolute Gasteiger partial charge is 0.465 e. The van der Waals surface area contributed by atoms with Crippen molar-refractivity contribution in [1.29, 1.82) is 0 Å². The maximum atomic E-state index is 12.8. The van der Waals surface area contributed by atoms with Gasteiger partial charge in [0.25, 0.3) is 0 Å². The Morgan fingerprint density at radius 1 is 1.22 bits per heavy atom. The van der Waals surface area contributed by atoms with Crippen molar-refractivity contribution in [2.45, 2.75) is 83.8 Å². The number of nitrogens with one attached hydrogen (secondary N) is 1. The topological polar surface area (TPSA) is 58.6 Å². The molecule has 1 heterocycles. The van der Waals surface area contributed by atoms with Crippen molar-refractivity contribution in [2.24, 2.45) is 5.92 Å². The van der Waals surface area contributed by atoms with E-state index in [-0.39, 0.29) is 24.0 Å². The third-order valence-corrected chi connectivity index (χ3v) is 5.26. The van der Waals surface area contributed by atoms with E-state index in [1.165, 1.54) is 19.3 Å². The highest BCUT2D eigenvalue weighted by Crippen LogP contribution is 2.36. The summed E-state index contributed by atoms with van der Waals surface area (Å²) in [6.07, 6.45) is 7.65. The van der Waals surface area contributed by atoms with Crippen molar-refractivity contribution >= 4 is 11.9 Å². The number of rotatable bonds is 7. The number of hydrogen-bond acceptors (Lipinski definition) is 4. The third-order valence-electron chi connectivity index (χ3n) is 5.26. The minimum Gasteiger partial charge on any atom is -0.465 e. The smallest absolute Gasteiger partial charge is 0.323 e. The molecule has 0 aromatic rings. The maximum absolute atomic E-state index is 12.8. The van der Waals surface area contributed by atoms with Gasteiger partial charge in [-0.2, -0.15) is 0 Å². The molecular weight excluding hydrogens is 292 g/mol. The Balaban J connectivity index is 1.94. The second kappa shape index (κ2) is 8.67. The zero-order valence-corrected chi connectivity index (χ0v) is 14.8. The standard InChI is InChI=1S/C18H32N2O3/c1-4-8-15(18(22)23-5-2)19-13(3)17(21)20-12-11-14-9-6-7-10-16(14)20/h13-16,19H,4-12H2,1-3H3/t13-,14?,15?,16?/m0/s1. The van der Waals surface area contributed by atoms with Gasteiger partial charge in [0.05, 0.1) is 12.6 Å². The normalized spacial score (nSPS) is 26.5. The molecule has 23 heavy (non-hydrogen) atoms. The Bertz CT molecular complexity index is 413. The first kappa shape index (κ1) is 18.2. The Morgan fingerprint density at radius 3 is 2.65 bits per heavy atom. The average Bonchev–Trinajstić information content (AvgIpc) is 2.97. The van der Waals surface area contributed by atoms with Crippen LogP contribution < -0.4 is 5.32 Å². The summed E-state index contributed by atoms with van der Waals surface area (Å²) < 4.78 is 5.12. The van der Waals surface area contributed by atoms with Gasteiger partial charge in [0.1, 0.15) is 6.04 Å². The van der Waals surface area contributed by atoms with Crippen molar-refractivity contribution in [3.8, 4) is 0 Å². The van der Waals surface area contributed by atoms with Crippen molar-refractivity contribution < 1.29 is 14.3 Å². The fourth-order valence-corrected chi connectivity index (χ4v) is 4.10. The molecule has 0 radical (unpaired) electrons. The van der Waals surface area contributed by atoms with Crippen molar-refractivity contribution in [2.75, 3.05) is 13.2 Å². The molecule has 1 aliphatic heterocycles. The zero-order chi connectivity index (χ0) is 16.8. The van der Waals surface area contributed by atoms with Crippen LogP contribution >= 0.6 is 0 Å². The van der Waals surface area contributed by atoms with Gasteiger partial charge in [0.2, 0.25) is 5.91 Å². The van der Waals surface area contributed by atoms with Crippen LogP contribution in [0.4, 0.5) is 0 Å². The van der Waals surface area contributed by atoms with E-state index in [4.69, 9.17) is 4.74 Å². The van der Waals surface area contributed by atoms with Gasteiger partial charge in [-0.05, 0) is 45.4 Å². The number of esters is 1. The maximum Gasteiger partial charge on any atom is 0.323 e. The SMILES string of the molecule is CCCC(N[C@@H](C)C(=O)N1CCC2CCCCC21)C(=O)OCC. The van der Waals surface area contributed by atoms with Crippen LogP contribution in [0.3, 0.4) is 0 Å². The van der Waals surface area contributed by atoms with Gasteiger partial charge in [-0.3, -0.25) is 14.9 Å². The molecule has 5 heteroatoms. The fourth-order valence-electron chi connectivity index (χ4n) is 4.10. The first-order valence-corrected chi connectivity index (χ1v) is 9.31. The van der Waals surface area contributed by atoms with Crippen molar-refractivity contribution in [3.05, 3.63) is 0 Å². The minimum atomic E-state index is -0.386.